The Morgan fingerprint density at radius 3 is 2.72 bits per heavy atom. The minimum atomic E-state index is -1.39. The number of para-hydroxylation sites is 3. The van der Waals surface area contributed by atoms with Crippen molar-refractivity contribution in [1.29, 1.82) is 0 Å². The molecule has 3 heterocycles. The van der Waals surface area contributed by atoms with E-state index in [2.05, 4.69) is 10.6 Å². The van der Waals surface area contributed by atoms with Crippen LogP contribution in [0, 0.1) is 0 Å². The fourth-order valence-corrected chi connectivity index (χ4v) is 3.83. The summed E-state index contributed by atoms with van der Waals surface area (Å²) in [5.41, 5.74) is -0.779. The Bertz CT molecular complexity index is 1190. The number of hydrogen-bond acceptors (Lipinski definition) is 6. The minimum absolute atomic E-state index is 0.178. The molecule has 0 aliphatic carbocycles. The van der Waals surface area contributed by atoms with Gasteiger partial charge in [0.15, 0.2) is 17.0 Å². The molecule has 0 radical (unpaired) electrons. The molecule has 4 amide bonds. The summed E-state index contributed by atoms with van der Waals surface area (Å²) in [5.74, 6) is 0.534. The summed E-state index contributed by atoms with van der Waals surface area (Å²) in [5, 5.41) is 6.16. The van der Waals surface area contributed by atoms with E-state index in [1.165, 1.54) is 0 Å². The van der Waals surface area contributed by atoms with Gasteiger partial charge in [0.05, 0.1) is 6.54 Å². The molecule has 0 bridgehead atoms. The van der Waals surface area contributed by atoms with Crippen molar-refractivity contribution < 1.29 is 28.3 Å². The third-order valence-corrected chi connectivity index (χ3v) is 5.59. The molecule has 2 aromatic carbocycles. The molecule has 2 aliphatic rings. The van der Waals surface area contributed by atoms with Gasteiger partial charge in [-0.3, -0.25) is 14.5 Å². The van der Waals surface area contributed by atoms with Crippen LogP contribution in [0.15, 0.2) is 59.0 Å². The number of imide groups is 1. The van der Waals surface area contributed by atoms with E-state index in [1.807, 2.05) is 30.3 Å². The van der Waals surface area contributed by atoms with Crippen LogP contribution in [0.1, 0.15) is 12.7 Å². The number of hydrogen-bond donors (Lipinski definition) is 2. The zero-order valence-electron chi connectivity index (χ0n) is 17.3. The summed E-state index contributed by atoms with van der Waals surface area (Å²) in [6.45, 7) is 1.61. The average molecular weight is 435 g/mol. The van der Waals surface area contributed by atoms with Crippen LogP contribution in [-0.4, -0.2) is 48.5 Å². The van der Waals surface area contributed by atoms with Crippen molar-refractivity contribution in [2.45, 2.75) is 18.6 Å². The smallest absolute Gasteiger partial charge is 0.325 e. The number of ether oxygens (including phenoxy) is 2. The summed E-state index contributed by atoms with van der Waals surface area (Å²) in [7, 11) is 0. The van der Waals surface area contributed by atoms with E-state index in [1.54, 1.807) is 31.2 Å². The van der Waals surface area contributed by atoms with Crippen molar-refractivity contribution in [1.82, 2.24) is 15.5 Å². The third kappa shape index (κ3) is 3.41. The molecule has 2 N–H and O–H groups in total. The Morgan fingerprint density at radius 2 is 1.91 bits per heavy atom. The van der Waals surface area contributed by atoms with Crippen LogP contribution < -0.4 is 20.1 Å². The zero-order chi connectivity index (χ0) is 22.3. The SMILES string of the molecule is C[C@]1(c2cc3ccccc3o2)NC(=O)N(CC(=O)NC[C@@H]2COc3ccccc3O2)C1=O. The number of nitrogens with zero attached hydrogens (tertiary/aromatic N) is 1. The van der Waals surface area contributed by atoms with Crippen LogP contribution >= 0.6 is 0 Å². The lowest BCUT2D eigenvalue weighted by Gasteiger charge is -2.26. The first-order valence-electron chi connectivity index (χ1n) is 10.2. The lowest BCUT2D eigenvalue weighted by molar-refractivity contribution is -0.135. The molecule has 164 valence electrons. The van der Waals surface area contributed by atoms with Crippen molar-refractivity contribution in [3.63, 3.8) is 0 Å². The van der Waals surface area contributed by atoms with E-state index < -0.39 is 29.9 Å². The van der Waals surface area contributed by atoms with Crippen molar-refractivity contribution in [2.24, 2.45) is 0 Å². The molecule has 2 aliphatic heterocycles. The van der Waals surface area contributed by atoms with E-state index in [0.717, 1.165) is 10.3 Å². The van der Waals surface area contributed by atoms with Gasteiger partial charge in [0, 0.05) is 5.39 Å². The molecule has 2 atom stereocenters. The topological polar surface area (TPSA) is 110 Å². The fourth-order valence-electron chi connectivity index (χ4n) is 3.83. The minimum Gasteiger partial charge on any atom is -0.486 e. The monoisotopic (exact) mass is 435 g/mol. The number of furan rings is 1. The number of benzene rings is 2. The Balaban J connectivity index is 1.22. The molecule has 9 nitrogen and oxygen atoms in total. The van der Waals surface area contributed by atoms with Crippen LogP contribution in [0.5, 0.6) is 11.5 Å². The molecular weight excluding hydrogens is 414 g/mol. The van der Waals surface area contributed by atoms with E-state index in [-0.39, 0.29) is 19.3 Å². The number of carbonyl (C=O) groups excluding carboxylic acids is 3. The second-order valence-electron chi connectivity index (χ2n) is 7.90. The molecule has 9 heteroatoms. The molecular formula is C23H21N3O6. The van der Waals surface area contributed by atoms with Gasteiger partial charge in [0.25, 0.3) is 5.91 Å². The molecule has 0 saturated carbocycles. The normalized spacial score (nSPS) is 22.2. The Morgan fingerprint density at radius 1 is 1.16 bits per heavy atom. The molecule has 3 aromatic rings. The molecule has 32 heavy (non-hydrogen) atoms. The molecule has 1 saturated heterocycles. The highest BCUT2D eigenvalue weighted by Gasteiger charge is 2.51. The van der Waals surface area contributed by atoms with E-state index >= 15 is 0 Å². The Labute approximate surface area is 183 Å². The summed E-state index contributed by atoms with van der Waals surface area (Å²) >= 11 is 0. The summed E-state index contributed by atoms with van der Waals surface area (Å²) in [6.07, 6.45) is -0.377. The fraction of sp³-hybridized carbons (Fsp3) is 0.261. The lowest BCUT2D eigenvalue weighted by Crippen LogP contribution is -2.46. The molecule has 0 spiro atoms. The molecule has 1 aromatic heterocycles. The van der Waals surface area contributed by atoms with Crippen LogP contribution in [0.4, 0.5) is 4.79 Å². The quantitative estimate of drug-likeness (QED) is 0.595. The molecule has 5 rings (SSSR count). The Hall–Kier alpha value is -4.01. The van der Waals surface area contributed by atoms with Crippen LogP contribution in [0.3, 0.4) is 0 Å². The van der Waals surface area contributed by atoms with Crippen molar-refractivity contribution in [3.05, 3.63) is 60.4 Å². The van der Waals surface area contributed by atoms with Crippen LogP contribution in [-0.2, 0) is 15.1 Å². The highest BCUT2D eigenvalue weighted by molar-refractivity contribution is 6.09. The van der Waals surface area contributed by atoms with Gasteiger partial charge in [0.2, 0.25) is 5.91 Å². The van der Waals surface area contributed by atoms with E-state index in [4.69, 9.17) is 13.9 Å². The zero-order valence-corrected chi connectivity index (χ0v) is 17.3. The van der Waals surface area contributed by atoms with Gasteiger partial charge in [-0.2, -0.15) is 0 Å². The first-order valence-corrected chi connectivity index (χ1v) is 10.2. The number of fused-ring (bicyclic) bond motifs is 2. The maximum Gasteiger partial charge on any atom is 0.325 e. The summed E-state index contributed by atoms with van der Waals surface area (Å²) < 4.78 is 17.2. The Kier molecular flexibility index (Phi) is 4.73. The van der Waals surface area contributed by atoms with Crippen LogP contribution in [0.25, 0.3) is 11.0 Å². The number of rotatable bonds is 5. The molecule has 1 fully saturated rings. The highest BCUT2D eigenvalue weighted by atomic mass is 16.6. The van der Waals surface area contributed by atoms with Crippen molar-refractivity contribution >= 4 is 28.8 Å². The average Bonchev–Trinajstić information content (AvgIpc) is 3.33. The first kappa shape index (κ1) is 19.9. The third-order valence-electron chi connectivity index (χ3n) is 5.59. The first-order chi connectivity index (χ1) is 15.4. The van der Waals surface area contributed by atoms with Gasteiger partial charge in [-0.15, -0.1) is 0 Å². The number of urea groups is 1. The van der Waals surface area contributed by atoms with Gasteiger partial charge in [-0.05, 0) is 31.2 Å². The number of amides is 4. The maximum absolute atomic E-state index is 13.1. The standard InChI is InChI=1S/C23H21N3O6/c1-23(19-10-14-6-2-3-7-16(14)32-19)21(28)26(22(29)25-23)12-20(27)24-11-15-13-30-17-8-4-5-9-18(17)31-15/h2-10,15H,11-13H2,1H3,(H,24,27)(H,25,29)/t15-,23-/m1/s1. The number of carbonyl (C=O) groups is 3. The van der Waals surface area contributed by atoms with E-state index in [9.17, 15) is 14.4 Å². The van der Waals surface area contributed by atoms with Gasteiger partial charge in [0.1, 0.15) is 30.6 Å². The van der Waals surface area contributed by atoms with Gasteiger partial charge < -0.3 is 24.5 Å². The van der Waals surface area contributed by atoms with E-state index in [0.29, 0.717) is 22.8 Å². The maximum atomic E-state index is 13.1. The van der Waals surface area contributed by atoms with Crippen LogP contribution in [0.2, 0.25) is 0 Å². The van der Waals surface area contributed by atoms with Gasteiger partial charge in [-0.25, -0.2) is 4.79 Å². The van der Waals surface area contributed by atoms with Crippen molar-refractivity contribution in [2.75, 3.05) is 19.7 Å². The second kappa shape index (κ2) is 7.60. The number of nitrogens with one attached hydrogen (secondary N) is 2. The highest BCUT2D eigenvalue weighted by Crippen LogP contribution is 2.33. The second-order valence-corrected chi connectivity index (χ2v) is 7.90. The van der Waals surface area contributed by atoms with Crippen molar-refractivity contribution in [3.8, 4) is 11.5 Å². The van der Waals surface area contributed by atoms with Gasteiger partial charge >= 0.3 is 6.03 Å². The summed E-state index contributed by atoms with van der Waals surface area (Å²) in [6, 6.07) is 15.7. The largest absolute Gasteiger partial charge is 0.486 e. The predicted molar refractivity (Wildman–Crippen MR) is 113 cm³/mol. The lowest BCUT2D eigenvalue weighted by atomic mass is 9.99. The van der Waals surface area contributed by atoms with Gasteiger partial charge in [-0.1, -0.05) is 30.3 Å². The molecule has 0 unspecified atom stereocenters. The predicted octanol–water partition coefficient (Wildman–Crippen LogP) is 2.16. The summed E-state index contributed by atoms with van der Waals surface area (Å²) in [4.78, 5) is 38.9.